The zero-order valence-corrected chi connectivity index (χ0v) is 18.8. The Balaban J connectivity index is 1.50. The lowest BCUT2D eigenvalue weighted by Gasteiger charge is -2.58. The number of aliphatic hydroxyl groups excluding tert-OH is 1. The van der Waals surface area contributed by atoms with Gasteiger partial charge >= 0.3 is 0 Å². The van der Waals surface area contributed by atoms with Crippen molar-refractivity contribution in [2.75, 3.05) is 19.7 Å². The first-order valence-electron chi connectivity index (χ1n) is 11.4. The molecule has 2 saturated heterocycles. The molecule has 2 aromatic carbocycles. The van der Waals surface area contributed by atoms with Gasteiger partial charge in [0, 0.05) is 30.0 Å². The number of rotatable bonds is 5. The molecular formula is C27H30N2O3. The molecule has 0 spiro atoms. The van der Waals surface area contributed by atoms with Crippen LogP contribution in [0.1, 0.15) is 54.4 Å². The maximum absolute atomic E-state index is 12.7. The van der Waals surface area contributed by atoms with Gasteiger partial charge < -0.3 is 14.9 Å². The Hall–Kier alpha value is -3.10. The Morgan fingerprint density at radius 2 is 1.88 bits per heavy atom. The number of piperazine rings is 1. The molecule has 2 aliphatic heterocycles. The van der Waals surface area contributed by atoms with Crippen molar-refractivity contribution in [2.45, 2.75) is 51.1 Å². The standard InChI is InChI=1S/C27H30N2O3/c1-3-4-8-25(31)28-16-23-27(24(18-30)29(23)26(32)17-28)22-13-11-20(12-14-22)9-10-21-7-5-6-19(2)15-21/h5-7,11-15,23-24,27,30H,3-4,8,16-18H2,1-2H3/t23-,24-,27-/m0/s1. The van der Waals surface area contributed by atoms with Crippen molar-refractivity contribution >= 4 is 11.8 Å². The first-order valence-corrected chi connectivity index (χ1v) is 11.4. The number of carbonyl (C=O) groups is 2. The predicted molar refractivity (Wildman–Crippen MR) is 124 cm³/mol. The molecule has 2 heterocycles. The van der Waals surface area contributed by atoms with E-state index in [1.807, 2.05) is 49.4 Å². The topological polar surface area (TPSA) is 60.9 Å². The minimum Gasteiger partial charge on any atom is -0.394 e. The van der Waals surface area contributed by atoms with Crippen molar-refractivity contribution in [1.29, 1.82) is 0 Å². The van der Waals surface area contributed by atoms with Gasteiger partial charge in [-0.05, 0) is 48.7 Å². The minimum absolute atomic E-state index is 0.0181. The third kappa shape index (κ3) is 4.42. The molecule has 2 aliphatic rings. The molecule has 0 saturated carbocycles. The normalized spacial score (nSPS) is 22.0. The molecule has 1 N–H and O–H groups in total. The molecule has 2 fully saturated rings. The Morgan fingerprint density at radius 3 is 2.56 bits per heavy atom. The van der Waals surface area contributed by atoms with Crippen molar-refractivity contribution in [3.8, 4) is 11.8 Å². The van der Waals surface area contributed by atoms with Gasteiger partial charge in [0.05, 0.1) is 25.2 Å². The summed E-state index contributed by atoms with van der Waals surface area (Å²) in [6, 6.07) is 15.8. The number of unbranched alkanes of at least 4 members (excludes halogenated alkanes) is 1. The SMILES string of the molecule is CCCCC(=O)N1CC(=O)N2[C@@H](CO)[C@@H](c3ccc(C#Cc4cccc(C)c4)cc3)[C@@H]2C1. The number of aliphatic hydroxyl groups is 1. The van der Waals surface area contributed by atoms with Gasteiger partial charge in [0.2, 0.25) is 11.8 Å². The van der Waals surface area contributed by atoms with E-state index in [1.54, 1.807) is 9.80 Å². The maximum atomic E-state index is 12.7. The number of carbonyl (C=O) groups excluding carboxylic acids is 2. The van der Waals surface area contributed by atoms with Crippen LogP contribution in [0.4, 0.5) is 0 Å². The predicted octanol–water partition coefficient (Wildman–Crippen LogP) is 3.08. The lowest BCUT2D eigenvalue weighted by Crippen LogP contribution is -2.73. The fourth-order valence-electron chi connectivity index (χ4n) is 4.83. The van der Waals surface area contributed by atoms with E-state index in [4.69, 9.17) is 0 Å². The summed E-state index contributed by atoms with van der Waals surface area (Å²) in [6.07, 6.45) is 2.28. The van der Waals surface area contributed by atoms with Crippen molar-refractivity contribution in [3.63, 3.8) is 0 Å². The zero-order chi connectivity index (χ0) is 22.7. The third-order valence-corrected chi connectivity index (χ3v) is 6.51. The van der Waals surface area contributed by atoms with Crippen LogP contribution in [-0.4, -0.2) is 58.5 Å². The molecule has 166 valence electrons. The zero-order valence-electron chi connectivity index (χ0n) is 18.8. The van der Waals surface area contributed by atoms with Gasteiger partial charge in [-0.3, -0.25) is 9.59 Å². The number of benzene rings is 2. The number of nitrogens with zero attached hydrogens (tertiary/aromatic N) is 2. The molecule has 2 amide bonds. The number of hydrogen-bond donors (Lipinski definition) is 1. The summed E-state index contributed by atoms with van der Waals surface area (Å²) in [5.41, 5.74) is 4.16. The second-order valence-corrected chi connectivity index (χ2v) is 8.76. The highest BCUT2D eigenvalue weighted by Gasteiger charge is 2.54. The number of aryl methyl sites for hydroxylation is 1. The molecular weight excluding hydrogens is 400 g/mol. The molecule has 0 radical (unpaired) electrons. The lowest BCUT2D eigenvalue weighted by molar-refractivity contribution is -0.167. The number of amides is 2. The van der Waals surface area contributed by atoms with Crippen LogP contribution < -0.4 is 0 Å². The summed E-state index contributed by atoms with van der Waals surface area (Å²) >= 11 is 0. The summed E-state index contributed by atoms with van der Waals surface area (Å²) in [4.78, 5) is 28.7. The van der Waals surface area contributed by atoms with Crippen LogP contribution >= 0.6 is 0 Å². The summed E-state index contributed by atoms with van der Waals surface area (Å²) in [5.74, 6) is 6.40. The van der Waals surface area contributed by atoms with Crippen LogP contribution in [0.2, 0.25) is 0 Å². The fraction of sp³-hybridized carbons (Fsp3) is 0.407. The van der Waals surface area contributed by atoms with E-state index in [0.717, 1.165) is 29.5 Å². The highest BCUT2D eigenvalue weighted by Crippen LogP contribution is 2.43. The van der Waals surface area contributed by atoms with Crippen LogP contribution in [0.5, 0.6) is 0 Å². The average Bonchev–Trinajstić information content (AvgIpc) is 2.78. The van der Waals surface area contributed by atoms with E-state index >= 15 is 0 Å². The maximum Gasteiger partial charge on any atom is 0.242 e. The number of fused-ring (bicyclic) bond motifs is 1. The van der Waals surface area contributed by atoms with Crippen molar-refractivity contribution in [3.05, 3.63) is 70.8 Å². The third-order valence-electron chi connectivity index (χ3n) is 6.51. The van der Waals surface area contributed by atoms with Gasteiger partial charge in [-0.2, -0.15) is 0 Å². The van der Waals surface area contributed by atoms with Gasteiger partial charge in [-0.1, -0.05) is 49.5 Å². The highest BCUT2D eigenvalue weighted by molar-refractivity contribution is 5.87. The fourth-order valence-corrected chi connectivity index (χ4v) is 4.83. The van der Waals surface area contributed by atoms with Gasteiger partial charge in [-0.15, -0.1) is 0 Å². The van der Waals surface area contributed by atoms with Crippen LogP contribution in [0.3, 0.4) is 0 Å². The number of hydrogen-bond acceptors (Lipinski definition) is 3. The first-order chi connectivity index (χ1) is 15.5. The molecule has 0 unspecified atom stereocenters. The van der Waals surface area contributed by atoms with Gasteiger partial charge in [0.1, 0.15) is 0 Å². The Bertz CT molecular complexity index is 1050. The first kappa shape index (κ1) is 22.1. The second-order valence-electron chi connectivity index (χ2n) is 8.76. The van der Waals surface area contributed by atoms with Crippen molar-refractivity contribution in [1.82, 2.24) is 9.80 Å². The second kappa shape index (κ2) is 9.58. The van der Waals surface area contributed by atoms with Gasteiger partial charge in [-0.25, -0.2) is 0 Å². The average molecular weight is 431 g/mol. The van der Waals surface area contributed by atoms with E-state index in [9.17, 15) is 14.7 Å². The summed E-state index contributed by atoms with van der Waals surface area (Å²) in [6.45, 7) is 4.68. The molecule has 0 bridgehead atoms. The van der Waals surface area contributed by atoms with Crippen LogP contribution in [0.15, 0.2) is 48.5 Å². The molecule has 0 aliphatic carbocycles. The van der Waals surface area contributed by atoms with E-state index in [2.05, 4.69) is 24.8 Å². The van der Waals surface area contributed by atoms with Crippen LogP contribution in [-0.2, 0) is 9.59 Å². The Kier molecular flexibility index (Phi) is 6.62. The summed E-state index contributed by atoms with van der Waals surface area (Å²) in [5, 5.41) is 9.96. The van der Waals surface area contributed by atoms with Gasteiger partial charge in [0.15, 0.2) is 0 Å². The lowest BCUT2D eigenvalue weighted by atomic mass is 9.73. The quantitative estimate of drug-likeness (QED) is 0.742. The van der Waals surface area contributed by atoms with E-state index in [0.29, 0.717) is 13.0 Å². The molecule has 5 heteroatoms. The van der Waals surface area contributed by atoms with Crippen LogP contribution in [0, 0.1) is 18.8 Å². The summed E-state index contributed by atoms with van der Waals surface area (Å²) < 4.78 is 0. The van der Waals surface area contributed by atoms with E-state index in [1.165, 1.54) is 5.56 Å². The smallest absolute Gasteiger partial charge is 0.242 e. The largest absolute Gasteiger partial charge is 0.394 e. The van der Waals surface area contributed by atoms with Crippen molar-refractivity contribution < 1.29 is 14.7 Å². The van der Waals surface area contributed by atoms with Crippen molar-refractivity contribution in [2.24, 2.45) is 0 Å². The highest BCUT2D eigenvalue weighted by atomic mass is 16.3. The molecule has 5 nitrogen and oxygen atoms in total. The monoisotopic (exact) mass is 430 g/mol. The molecule has 0 aromatic heterocycles. The van der Waals surface area contributed by atoms with Crippen LogP contribution in [0.25, 0.3) is 0 Å². The molecule has 2 aromatic rings. The summed E-state index contributed by atoms with van der Waals surface area (Å²) in [7, 11) is 0. The molecule has 32 heavy (non-hydrogen) atoms. The van der Waals surface area contributed by atoms with E-state index in [-0.39, 0.29) is 43.0 Å². The minimum atomic E-state index is -0.232. The Labute approximate surface area is 190 Å². The Morgan fingerprint density at radius 1 is 1.12 bits per heavy atom. The van der Waals surface area contributed by atoms with E-state index < -0.39 is 0 Å². The molecule has 4 rings (SSSR count). The van der Waals surface area contributed by atoms with Gasteiger partial charge in [0.25, 0.3) is 0 Å². The molecule has 3 atom stereocenters.